The molecule has 2 rings (SSSR count). The second kappa shape index (κ2) is 5.66. The molecular formula is C12H17BrN2O. The number of hydrogen-bond acceptors (Lipinski definition) is 3. The molecule has 0 radical (unpaired) electrons. The Balaban J connectivity index is 1.90. The van der Waals surface area contributed by atoms with Crippen LogP contribution in [0.2, 0.25) is 0 Å². The summed E-state index contributed by atoms with van der Waals surface area (Å²) in [7, 11) is 0. The van der Waals surface area contributed by atoms with Crippen LogP contribution < -0.4 is 10.6 Å². The number of hydrogen-bond donors (Lipinski definition) is 2. The van der Waals surface area contributed by atoms with E-state index in [4.69, 9.17) is 4.74 Å². The third-order valence-electron chi connectivity index (χ3n) is 2.72. The molecule has 4 heteroatoms. The van der Waals surface area contributed by atoms with Gasteiger partial charge in [-0.15, -0.1) is 0 Å². The number of anilines is 1. The summed E-state index contributed by atoms with van der Waals surface area (Å²) in [6.07, 6.45) is 0.270. The summed E-state index contributed by atoms with van der Waals surface area (Å²) in [5, 5.41) is 6.75. The maximum atomic E-state index is 5.63. The van der Waals surface area contributed by atoms with Crippen LogP contribution in [0.1, 0.15) is 5.56 Å². The average Bonchev–Trinajstić information content (AvgIpc) is 2.32. The van der Waals surface area contributed by atoms with Gasteiger partial charge in [0.2, 0.25) is 0 Å². The van der Waals surface area contributed by atoms with Crippen molar-refractivity contribution in [2.75, 3.05) is 31.6 Å². The van der Waals surface area contributed by atoms with Crippen LogP contribution in [0, 0.1) is 6.92 Å². The van der Waals surface area contributed by atoms with Crippen molar-refractivity contribution in [3.8, 4) is 0 Å². The van der Waals surface area contributed by atoms with Gasteiger partial charge in [0.05, 0.1) is 12.7 Å². The van der Waals surface area contributed by atoms with E-state index < -0.39 is 0 Å². The van der Waals surface area contributed by atoms with Gasteiger partial charge in [-0.3, -0.25) is 0 Å². The van der Waals surface area contributed by atoms with Gasteiger partial charge in [0.25, 0.3) is 0 Å². The lowest BCUT2D eigenvalue weighted by Crippen LogP contribution is -2.42. The van der Waals surface area contributed by atoms with Gasteiger partial charge in [-0.2, -0.15) is 0 Å². The maximum absolute atomic E-state index is 5.63. The zero-order valence-corrected chi connectivity index (χ0v) is 11.0. The summed E-state index contributed by atoms with van der Waals surface area (Å²) in [6, 6.07) is 6.26. The summed E-state index contributed by atoms with van der Waals surface area (Å²) in [5.41, 5.74) is 2.43. The topological polar surface area (TPSA) is 33.3 Å². The average molecular weight is 285 g/mol. The van der Waals surface area contributed by atoms with Gasteiger partial charge in [0, 0.05) is 29.8 Å². The van der Waals surface area contributed by atoms with Crippen LogP contribution in [-0.2, 0) is 4.74 Å². The molecule has 88 valence electrons. The summed E-state index contributed by atoms with van der Waals surface area (Å²) in [5.74, 6) is 0. The van der Waals surface area contributed by atoms with Crippen molar-refractivity contribution in [3.63, 3.8) is 0 Å². The molecule has 1 atom stereocenters. The molecule has 1 aliphatic heterocycles. The van der Waals surface area contributed by atoms with E-state index in [2.05, 4.69) is 51.7 Å². The second-order valence-electron chi connectivity index (χ2n) is 4.04. The molecule has 0 aliphatic carbocycles. The highest BCUT2D eigenvalue weighted by Gasteiger charge is 2.12. The Morgan fingerprint density at radius 1 is 1.56 bits per heavy atom. The van der Waals surface area contributed by atoms with Crippen molar-refractivity contribution in [3.05, 3.63) is 28.2 Å². The summed E-state index contributed by atoms with van der Waals surface area (Å²) >= 11 is 3.48. The zero-order valence-electron chi connectivity index (χ0n) is 9.42. The molecule has 1 saturated heterocycles. The molecule has 0 bridgehead atoms. The van der Waals surface area contributed by atoms with Gasteiger partial charge in [-0.05, 0) is 24.6 Å². The van der Waals surface area contributed by atoms with E-state index in [1.165, 1.54) is 11.3 Å². The minimum absolute atomic E-state index is 0.270. The Hall–Kier alpha value is -0.580. The number of nitrogens with one attached hydrogen (secondary N) is 2. The van der Waals surface area contributed by atoms with Gasteiger partial charge in [-0.1, -0.05) is 22.0 Å². The molecule has 1 unspecified atom stereocenters. The van der Waals surface area contributed by atoms with E-state index in [0.717, 1.165) is 30.7 Å². The Bertz CT molecular complexity index is 351. The van der Waals surface area contributed by atoms with Crippen molar-refractivity contribution in [2.45, 2.75) is 13.0 Å². The molecule has 1 aliphatic rings. The first-order chi connectivity index (χ1) is 7.75. The highest BCUT2D eigenvalue weighted by Crippen LogP contribution is 2.20. The third kappa shape index (κ3) is 3.20. The monoisotopic (exact) mass is 284 g/mol. The Kier molecular flexibility index (Phi) is 4.21. The predicted octanol–water partition coefficient (Wildman–Crippen LogP) is 2.16. The minimum Gasteiger partial charge on any atom is -0.382 e. The molecule has 3 nitrogen and oxygen atoms in total. The molecule has 1 fully saturated rings. The summed E-state index contributed by atoms with van der Waals surface area (Å²) < 4.78 is 6.73. The Morgan fingerprint density at radius 2 is 2.44 bits per heavy atom. The molecule has 2 N–H and O–H groups in total. The third-order valence-corrected chi connectivity index (χ3v) is 3.22. The van der Waals surface area contributed by atoms with E-state index in [1.807, 2.05) is 0 Å². The van der Waals surface area contributed by atoms with Crippen LogP contribution in [0.5, 0.6) is 0 Å². The summed E-state index contributed by atoms with van der Waals surface area (Å²) in [4.78, 5) is 0. The van der Waals surface area contributed by atoms with Crippen LogP contribution in [0.15, 0.2) is 22.7 Å². The van der Waals surface area contributed by atoms with Crippen molar-refractivity contribution in [1.82, 2.24) is 5.32 Å². The number of halogens is 1. The largest absolute Gasteiger partial charge is 0.382 e. The molecule has 1 heterocycles. The highest BCUT2D eigenvalue weighted by molar-refractivity contribution is 9.10. The lowest BCUT2D eigenvalue weighted by Gasteiger charge is -2.24. The van der Waals surface area contributed by atoms with Crippen molar-refractivity contribution in [2.24, 2.45) is 0 Å². The molecular weight excluding hydrogens is 268 g/mol. The first-order valence-electron chi connectivity index (χ1n) is 5.58. The maximum Gasteiger partial charge on any atom is 0.0872 e. The fraction of sp³-hybridized carbons (Fsp3) is 0.500. The second-order valence-corrected chi connectivity index (χ2v) is 4.95. The number of ether oxygens (including phenoxy) is 1. The lowest BCUT2D eigenvalue weighted by molar-refractivity contribution is 0.0372. The first-order valence-corrected chi connectivity index (χ1v) is 6.37. The Morgan fingerprint density at radius 3 is 3.19 bits per heavy atom. The van der Waals surface area contributed by atoms with Gasteiger partial charge in [0.1, 0.15) is 0 Å². The lowest BCUT2D eigenvalue weighted by atomic mass is 10.2. The molecule has 0 amide bonds. The van der Waals surface area contributed by atoms with Crippen molar-refractivity contribution < 1.29 is 4.74 Å². The van der Waals surface area contributed by atoms with E-state index >= 15 is 0 Å². The van der Waals surface area contributed by atoms with E-state index in [0.29, 0.717) is 0 Å². The van der Waals surface area contributed by atoms with E-state index in [1.54, 1.807) is 0 Å². The highest BCUT2D eigenvalue weighted by atomic mass is 79.9. The zero-order chi connectivity index (χ0) is 11.4. The van der Waals surface area contributed by atoms with Crippen LogP contribution in [0.4, 0.5) is 5.69 Å². The van der Waals surface area contributed by atoms with Crippen LogP contribution in [0.25, 0.3) is 0 Å². The fourth-order valence-electron chi connectivity index (χ4n) is 1.76. The molecule has 16 heavy (non-hydrogen) atoms. The van der Waals surface area contributed by atoms with E-state index in [-0.39, 0.29) is 6.10 Å². The normalized spacial score (nSPS) is 20.8. The van der Waals surface area contributed by atoms with Gasteiger partial charge in [-0.25, -0.2) is 0 Å². The molecule has 0 aromatic heterocycles. The van der Waals surface area contributed by atoms with Crippen LogP contribution >= 0.6 is 15.9 Å². The molecule has 0 spiro atoms. The number of benzene rings is 1. The van der Waals surface area contributed by atoms with Gasteiger partial charge >= 0.3 is 0 Å². The van der Waals surface area contributed by atoms with Crippen LogP contribution in [-0.4, -0.2) is 32.3 Å². The molecule has 0 saturated carbocycles. The van der Waals surface area contributed by atoms with Crippen molar-refractivity contribution in [1.29, 1.82) is 0 Å². The smallest absolute Gasteiger partial charge is 0.0872 e. The number of rotatable bonds is 3. The minimum atomic E-state index is 0.270. The number of aryl methyl sites for hydroxylation is 1. The van der Waals surface area contributed by atoms with E-state index in [9.17, 15) is 0 Å². The van der Waals surface area contributed by atoms with Crippen molar-refractivity contribution >= 4 is 21.6 Å². The molecule has 1 aromatic rings. The predicted molar refractivity (Wildman–Crippen MR) is 70.0 cm³/mol. The first kappa shape index (κ1) is 11.9. The van der Waals surface area contributed by atoms with Crippen LogP contribution in [0.3, 0.4) is 0 Å². The number of morpholine rings is 1. The SMILES string of the molecule is Cc1ccc(Br)cc1NCC1CNCCO1. The van der Waals surface area contributed by atoms with Gasteiger partial charge in [0.15, 0.2) is 0 Å². The standard InChI is InChI=1S/C12H17BrN2O/c1-9-2-3-10(13)6-12(9)15-8-11-7-14-4-5-16-11/h2-3,6,11,14-15H,4-5,7-8H2,1H3. The Labute approximate surface area is 105 Å². The quantitative estimate of drug-likeness (QED) is 0.893. The summed E-state index contributed by atoms with van der Waals surface area (Å²) in [6.45, 7) is 5.66. The van der Waals surface area contributed by atoms with Gasteiger partial charge < -0.3 is 15.4 Å². The fourth-order valence-corrected chi connectivity index (χ4v) is 2.12. The molecule has 1 aromatic carbocycles.